The van der Waals surface area contributed by atoms with Crippen molar-refractivity contribution in [1.82, 2.24) is 15.3 Å². The van der Waals surface area contributed by atoms with Crippen LogP contribution in [0.15, 0.2) is 30.5 Å². The van der Waals surface area contributed by atoms with Crippen LogP contribution in [-0.2, 0) is 0 Å². The Balaban J connectivity index is 0.000000902. The third kappa shape index (κ3) is 3.63. The van der Waals surface area contributed by atoms with Crippen LogP contribution in [0.25, 0.3) is 11.3 Å². The first-order chi connectivity index (χ1) is 8.33. The second-order valence-corrected chi connectivity index (χ2v) is 4.77. The fraction of sp³-hybridized carbons (Fsp3) is 0.308. The van der Waals surface area contributed by atoms with Crippen LogP contribution in [-0.4, -0.2) is 16.5 Å². The molecule has 1 unspecified atom stereocenters. The highest BCUT2D eigenvalue weighted by Gasteiger charge is 2.19. The minimum atomic E-state index is 0. The lowest BCUT2D eigenvalue weighted by Crippen LogP contribution is -2.14. The highest BCUT2D eigenvalue weighted by molar-refractivity contribution is 6.30. The summed E-state index contributed by atoms with van der Waals surface area (Å²) >= 11 is 5.87. The van der Waals surface area contributed by atoms with Crippen molar-refractivity contribution >= 4 is 36.4 Å². The highest BCUT2D eigenvalue weighted by Crippen LogP contribution is 2.24. The summed E-state index contributed by atoms with van der Waals surface area (Å²) in [6.07, 6.45) is 4.27. The van der Waals surface area contributed by atoms with Crippen molar-refractivity contribution in [2.45, 2.75) is 18.9 Å². The monoisotopic (exact) mass is 319 g/mol. The molecule has 0 spiro atoms. The van der Waals surface area contributed by atoms with Gasteiger partial charge in [-0.25, -0.2) is 4.98 Å². The minimum absolute atomic E-state index is 0. The molecule has 1 atom stereocenters. The molecule has 0 radical (unpaired) electrons. The van der Waals surface area contributed by atoms with Crippen molar-refractivity contribution in [3.8, 4) is 11.3 Å². The molecule has 2 N–H and O–H groups in total. The largest absolute Gasteiger partial charge is 0.341 e. The highest BCUT2D eigenvalue weighted by atomic mass is 35.5. The lowest BCUT2D eigenvalue weighted by Gasteiger charge is -2.05. The number of hydrogen-bond acceptors (Lipinski definition) is 2. The fourth-order valence-electron chi connectivity index (χ4n) is 2.21. The van der Waals surface area contributed by atoms with Crippen molar-refractivity contribution in [3.63, 3.8) is 0 Å². The van der Waals surface area contributed by atoms with E-state index in [0.29, 0.717) is 6.04 Å². The molecule has 2 aromatic rings. The van der Waals surface area contributed by atoms with Crippen LogP contribution in [0.2, 0.25) is 5.02 Å². The van der Waals surface area contributed by atoms with E-state index < -0.39 is 0 Å². The van der Waals surface area contributed by atoms with Gasteiger partial charge < -0.3 is 10.3 Å². The Morgan fingerprint density at radius 1 is 1.16 bits per heavy atom. The summed E-state index contributed by atoms with van der Waals surface area (Å²) in [4.78, 5) is 7.82. The molecule has 1 aromatic carbocycles. The van der Waals surface area contributed by atoms with Gasteiger partial charge in [0.1, 0.15) is 5.82 Å². The van der Waals surface area contributed by atoms with Crippen LogP contribution in [0.4, 0.5) is 0 Å². The zero-order valence-electron chi connectivity index (χ0n) is 10.2. The first kappa shape index (κ1) is 16.3. The molecular weight excluding hydrogens is 305 g/mol. The zero-order chi connectivity index (χ0) is 11.7. The maximum absolute atomic E-state index is 5.87. The van der Waals surface area contributed by atoms with Gasteiger partial charge in [-0.1, -0.05) is 23.7 Å². The van der Waals surface area contributed by atoms with Crippen molar-refractivity contribution in [3.05, 3.63) is 41.3 Å². The van der Waals surface area contributed by atoms with E-state index in [4.69, 9.17) is 11.6 Å². The van der Waals surface area contributed by atoms with E-state index in [1.54, 1.807) is 0 Å². The van der Waals surface area contributed by atoms with Gasteiger partial charge in [-0.2, -0.15) is 0 Å². The Morgan fingerprint density at radius 2 is 1.89 bits per heavy atom. The topological polar surface area (TPSA) is 40.7 Å². The molecule has 2 heterocycles. The molecule has 1 fully saturated rings. The third-order valence-electron chi connectivity index (χ3n) is 3.14. The van der Waals surface area contributed by atoms with E-state index >= 15 is 0 Å². The number of nitrogens with zero attached hydrogens (tertiary/aromatic N) is 1. The Morgan fingerprint density at radius 3 is 2.53 bits per heavy atom. The number of hydrogen-bond donors (Lipinski definition) is 2. The van der Waals surface area contributed by atoms with Gasteiger partial charge in [0, 0.05) is 5.02 Å². The van der Waals surface area contributed by atoms with E-state index in [0.717, 1.165) is 35.1 Å². The van der Waals surface area contributed by atoms with Crippen LogP contribution in [0.5, 0.6) is 0 Å². The number of nitrogens with one attached hydrogen (secondary N) is 2. The summed E-state index contributed by atoms with van der Waals surface area (Å²) in [6, 6.07) is 8.18. The molecule has 0 saturated carbocycles. The summed E-state index contributed by atoms with van der Waals surface area (Å²) in [5.41, 5.74) is 2.16. The van der Waals surface area contributed by atoms with E-state index in [1.807, 2.05) is 30.5 Å². The van der Waals surface area contributed by atoms with Crippen LogP contribution in [0, 0.1) is 0 Å². The fourth-order valence-corrected chi connectivity index (χ4v) is 2.33. The first-order valence-corrected chi connectivity index (χ1v) is 6.25. The number of H-pyrrole nitrogens is 1. The maximum Gasteiger partial charge on any atom is 0.123 e. The van der Waals surface area contributed by atoms with Crippen molar-refractivity contribution < 1.29 is 0 Å². The SMILES string of the molecule is Cl.Cl.Clc1ccc(-c2cnc(C3CCCN3)[nH]2)cc1. The van der Waals surface area contributed by atoms with Gasteiger partial charge >= 0.3 is 0 Å². The number of aromatic nitrogens is 2. The molecule has 3 rings (SSSR count). The summed E-state index contributed by atoms with van der Waals surface area (Å²) in [5.74, 6) is 1.03. The Labute approximate surface area is 130 Å². The van der Waals surface area contributed by atoms with E-state index in [-0.39, 0.29) is 24.8 Å². The number of aromatic amines is 1. The molecule has 104 valence electrons. The standard InChI is InChI=1S/C13H14ClN3.2ClH/c14-10-5-3-9(4-6-10)12-8-16-13(17-12)11-2-1-7-15-11;;/h3-6,8,11,15H,1-2,7H2,(H,16,17);2*1H. The average Bonchev–Trinajstić information content (AvgIpc) is 3.00. The lowest BCUT2D eigenvalue weighted by molar-refractivity contribution is 0.613. The maximum atomic E-state index is 5.87. The molecular formula is C13H16Cl3N3. The van der Waals surface area contributed by atoms with E-state index in [2.05, 4.69) is 15.3 Å². The second kappa shape index (κ2) is 7.15. The molecule has 6 heteroatoms. The van der Waals surface area contributed by atoms with Crippen LogP contribution >= 0.6 is 36.4 Å². The molecule has 0 bridgehead atoms. The number of imidazole rings is 1. The lowest BCUT2D eigenvalue weighted by atomic mass is 10.2. The summed E-state index contributed by atoms with van der Waals surface area (Å²) < 4.78 is 0. The number of halogens is 3. The molecule has 19 heavy (non-hydrogen) atoms. The second-order valence-electron chi connectivity index (χ2n) is 4.34. The van der Waals surface area contributed by atoms with E-state index in [1.165, 1.54) is 6.42 Å². The summed E-state index contributed by atoms with van der Waals surface area (Å²) in [5, 5.41) is 4.19. The third-order valence-corrected chi connectivity index (χ3v) is 3.39. The number of rotatable bonds is 2. The molecule has 3 nitrogen and oxygen atoms in total. The number of benzene rings is 1. The normalized spacial score (nSPS) is 17.6. The van der Waals surface area contributed by atoms with Gasteiger partial charge in [0.05, 0.1) is 17.9 Å². The Bertz CT molecular complexity index is 504. The summed E-state index contributed by atoms with van der Waals surface area (Å²) in [7, 11) is 0. The predicted molar refractivity (Wildman–Crippen MR) is 83.5 cm³/mol. The molecule has 0 amide bonds. The molecule has 1 aliphatic heterocycles. The molecule has 1 aromatic heterocycles. The van der Waals surface area contributed by atoms with Crippen molar-refractivity contribution in [1.29, 1.82) is 0 Å². The van der Waals surface area contributed by atoms with E-state index in [9.17, 15) is 0 Å². The van der Waals surface area contributed by atoms with Gasteiger partial charge in [-0.05, 0) is 37.1 Å². The van der Waals surface area contributed by atoms with Gasteiger partial charge in [0.2, 0.25) is 0 Å². The van der Waals surface area contributed by atoms with Crippen LogP contribution < -0.4 is 5.32 Å². The van der Waals surface area contributed by atoms with Crippen LogP contribution in [0.1, 0.15) is 24.7 Å². The Hall–Kier alpha value is -0.740. The van der Waals surface area contributed by atoms with Crippen LogP contribution in [0.3, 0.4) is 0 Å². The van der Waals surface area contributed by atoms with Gasteiger partial charge in [0.25, 0.3) is 0 Å². The van der Waals surface area contributed by atoms with Gasteiger partial charge in [-0.3, -0.25) is 0 Å². The summed E-state index contributed by atoms with van der Waals surface area (Å²) in [6.45, 7) is 1.08. The quantitative estimate of drug-likeness (QED) is 0.878. The predicted octanol–water partition coefficient (Wildman–Crippen LogP) is 4.00. The molecule has 1 aliphatic rings. The molecule has 0 aliphatic carbocycles. The smallest absolute Gasteiger partial charge is 0.123 e. The Kier molecular flexibility index (Phi) is 6.14. The van der Waals surface area contributed by atoms with Gasteiger partial charge in [0.15, 0.2) is 0 Å². The zero-order valence-corrected chi connectivity index (χ0v) is 12.6. The van der Waals surface area contributed by atoms with Crippen molar-refractivity contribution in [2.75, 3.05) is 6.54 Å². The average molecular weight is 321 g/mol. The minimum Gasteiger partial charge on any atom is -0.341 e. The first-order valence-electron chi connectivity index (χ1n) is 5.87. The molecule has 1 saturated heterocycles. The van der Waals surface area contributed by atoms with Crippen molar-refractivity contribution in [2.24, 2.45) is 0 Å². The van der Waals surface area contributed by atoms with Gasteiger partial charge in [-0.15, -0.1) is 24.8 Å².